The minimum absolute atomic E-state index is 0.213. The van der Waals surface area contributed by atoms with E-state index in [0.29, 0.717) is 5.01 Å². The summed E-state index contributed by atoms with van der Waals surface area (Å²) in [6.07, 6.45) is 6.43. The number of carbonyl (C=O) groups is 1. The van der Waals surface area contributed by atoms with Crippen molar-refractivity contribution in [3.63, 3.8) is 0 Å². The number of aliphatic imine (C=N–C) groups is 1. The van der Waals surface area contributed by atoms with E-state index in [4.69, 9.17) is 5.11 Å². The van der Waals surface area contributed by atoms with E-state index >= 15 is 0 Å². The van der Waals surface area contributed by atoms with E-state index < -0.39 is 12.0 Å². The van der Waals surface area contributed by atoms with Crippen LogP contribution in [0.3, 0.4) is 0 Å². The average Bonchev–Trinajstić information content (AvgIpc) is 2.97. The van der Waals surface area contributed by atoms with E-state index in [0.717, 1.165) is 0 Å². The van der Waals surface area contributed by atoms with Crippen LogP contribution in [-0.4, -0.2) is 38.1 Å². The molecule has 2 heterocycles. The molecule has 88 valence electrons. The summed E-state index contributed by atoms with van der Waals surface area (Å²) in [4.78, 5) is 19.0. The number of rotatable bonds is 5. The second-order valence-electron chi connectivity index (χ2n) is 3.23. The third-order valence-electron chi connectivity index (χ3n) is 2.02. The van der Waals surface area contributed by atoms with Crippen LogP contribution in [0.5, 0.6) is 0 Å². The third kappa shape index (κ3) is 3.22. The van der Waals surface area contributed by atoms with Gasteiger partial charge in [-0.05, 0) is 6.07 Å². The number of hydrogen-bond donors (Lipinski definition) is 1. The van der Waals surface area contributed by atoms with E-state index in [1.807, 2.05) is 5.38 Å². The Kier molecular flexibility index (Phi) is 3.61. The number of carboxylic acids is 1. The molecule has 0 aliphatic rings. The summed E-state index contributed by atoms with van der Waals surface area (Å²) in [6.45, 7) is 0.213. The molecule has 0 fully saturated rings. The normalized spacial score (nSPS) is 12.9. The molecule has 1 unspecified atom stereocenters. The van der Waals surface area contributed by atoms with Gasteiger partial charge < -0.3 is 5.11 Å². The molecule has 6 nitrogen and oxygen atoms in total. The Morgan fingerprint density at radius 2 is 2.53 bits per heavy atom. The van der Waals surface area contributed by atoms with Crippen LogP contribution in [-0.2, 0) is 11.3 Å². The van der Waals surface area contributed by atoms with Crippen molar-refractivity contribution in [3.8, 4) is 0 Å². The minimum Gasteiger partial charge on any atom is -0.480 e. The Morgan fingerprint density at radius 3 is 3.12 bits per heavy atom. The summed E-state index contributed by atoms with van der Waals surface area (Å²) in [5, 5.41) is 15.5. The van der Waals surface area contributed by atoms with Crippen molar-refractivity contribution in [2.75, 3.05) is 0 Å². The zero-order valence-electron chi connectivity index (χ0n) is 8.80. The largest absolute Gasteiger partial charge is 0.480 e. The summed E-state index contributed by atoms with van der Waals surface area (Å²) in [5.74, 6) is -0.978. The molecule has 0 aliphatic carbocycles. The first-order valence-electron chi connectivity index (χ1n) is 4.88. The monoisotopic (exact) mass is 250 g/mol. The van der Waals surface area contributed by atoms with Crippen LogP contribution < -0.4 is 0 Å². The van der Waals surface area contributed by atoms with Crippen molar-refractivity contribution in [1.29, 1.82) is 0 Å². The molecule has 0 aromatic carbocycles. The van der Waals surface area contributed by atoms with Crippen molar-refractivity contribution in [3.05, 3.63) is 35.0 Å². The fourth-order valence-corrected chi connectivity index (χ4v) is 1.73. The molecule has 1 N–H and O–H groups in total. The molecule has 17 heavy (non-hydrogen) atoms. The molecule has 2 rings (SSSR count). The van der Waals surface area contributed by atoms with Gasteiger partial charge in [-0.3, -0.25) is 9.67 Å². The van der Waals surface area contributed by atoms with Gasteiger partial charge in [0.15, 0.2) is 6.04 Å². The van der Waals surface area contributed by atoms with Crippen molar-refractivity contribution < 1.29 is 9.90 Å². The number of aliphatic carboxylic acids is 1. The van der Waals surface area contributed by atoms with Crippen LogP contribution in [0.2, 0.25) is 0 Å². The van der Waals surface area contributed by atoms with Crippen LogP contribution in [0.1, 0.15) is 5.01 Å². The maximum absolute atomic E-state index is 11.0. The first-order chi connectivity index (χ1) is 8.25. The first-order valence-corrected chi connectivity index (χ1v) is 5.76. The summed E-state index contributed by atoms with van der Waals surface area (Å²) in [5.41, 5.74) is 0. The topological polar surface area (TPSA) is 80.4 Å². The lowest BCUT2D eigenvalue weighted by Crippen LogP contribution is -2.24. The molecule has 0 saturated carbocycles. The van der Waals surface area contributed by atoms with Gasteiger partial charge in [0, 0.05) is 24.0 Å². The standard InChI is InChI=1S/C10H10N4O2S/c15-10(16)8(7-14-4-1-2-13-14)12-6-9-11-3-5-17-9/h1-6,8H,7H2,(H,15,16). The highest BCUT2D eigenvalue weighted by Crippen LogP contribution is 2.02. The highest BCUT2D eigenvalue weighted by molar-refractivity contribution is 7.11. The van der Waals surface area contributed by atoms with Gasteiger partial charge in [0.25, 0.3) is 0 Å². The molecule has 7 heteroatoms. The molecular weight excluding hydrogens is 240 g/mol. The number of aromatic nitrogens is 3. The Balaban J connectivity index is 2.05. The molecule has 2 aromatic heterocycles. The summed E-state index contributed by atoms with van der Waals surface area (Å²) in [6, 6.07) is 0.891. The third-order valence-corrected chi connectivity index (χ3v) is 2.73. The predicted molar refractivity (Wildman–Crippen MR) is 63.4 cm³/mol. The zero-order chi connectivity index (χ0) is 12.1. The van der Waals surface area contributed by atoms with Crippen molar-refractivity contribution in [2.45, 2.75) is 12.6 Å². The van der Waals surface area contributed by atoms with Gasteiger partial charge in [-0.1, -0.05) is 0 Å². The van der Waals surface area contributed by atoms with Gasteiger partial charge in [-0.15, -0.1) is 11.3 Å². The molecule has 1 atom stereocenters. The fraction of sp³-hybridized carbons (Fsp3) is 0.200. The summed E-state index contributed by atoms with van der Waals surface area (Å²) in [7, 11) is 0. The molecular formula is C10H10N4O2S. The number of thiazole rings is 1. The van der Waals surface area contributed by atoms with Gasteiger partial charge in [-0.2, -0.15) is 5.10 Å². The lowest BCUT2D eigenvalue weighted by molar-refractivity contribution is -0.138. The first kappa shape index (κ1) is 11.5. The average molecular weight is 250 g/mol. The molecule has 0 aliphatic heterocycles. The minimum atomic E-state index is -0.978. The maximum atomic E-state index is 11.0. The molecule has 2 aromatic rings. The Morgan fingerprint density at radius 1 is 1.65 bits per heavy atom. The molecule has 0 bridgehead atoms. The fourth-order valence-electron chi connectivity index (χ4n) is 1.23. The Labute approximate surface area is 101 Å². The van der Waals surface area contributed by atoms with Crippen LogP contribution in [0.15, 0.2) is 35.0 Å². The van der Waals surface area contributed by atoms with Gasteiger partial charge in [-0.25, -0.2) is 9.78 Å². The molecule has 0 saturated heterocycles. The molecule has 0 amide bonds. The Bertz CT molecular complexity index is 492. The van der Waals surface area contributed by atoms with Crippen LogP contribution in [0.4, 0.5) is 0 Å². The highest BCUT2D eigenvalue weighted by Gasteiger charge is 2.16. The van der Waals surface area contributed by atoms with Crippen LogP contribution in [0.25, 0.3) is 0 Å². The molecule has 0 spiro atoms. The van der Waals surface area contributed by atoms with E-state index in [9.17, 15) is 4.79 Å². The van der Waals surface area contributed by atoms with Crippen LogP contribution >= 0.6 is 11.3 Å². The van der Waals surface area contributed by atoms with Gasteiger partial charge in [0.05, 0.1) is 12.8 Å². The quantitative estimate of drug-likeness (QED) is 0.800. The summed E-state index contributed by atoms with van der Waals surface area (Å²) >= 11 is 1.41. The van der Waals surface area contributed by atoms with Crippen molar-refractivity contribution >= 4 is 23.5 Å². The smallest absolute Gasteiger partial charge is 0.330 e. The van der Waals surface area contributed by atoms with Gasteiger partial charge >= 0.3 is 5.97 Å². The SMILES string of the molecule is O=C(O)C(Cn1cccn1)N=Cc1nccs1. The second kappa shape index (κ2) is 5.35. The Hall–Kier alpha value is -2.02. The second-order valence-corrected chi connectivity index (χ2v) is 4.16. The zero-order valence-corrected chi connectivity index (χ0v) is 9.62. The van der Waals surface area contributed by atoms with E-state index in [1.54, 1.807) is 24.7 Å². The predicted octanol–water partition coefficient (Wildman–Crippen LogP) is 0.912. The van der Waals surface area contributed by atoms with E-state index in [-0.39, 0.29) is 6.54 Å². The van der Waals surface area contributed by atoms with E-state index in [1.165, 1.54) is 22.2 Å². The number of nitrogens with zero attached hydrogens (tertiary/aromatic N) is 4. The lowest BCUT2D eigenvalue weighted by atomic mass is 10.3. The number of carboxylic acid groups (broad SMARTS) is 1. The van der Waals surface area contributed by atoms with Crippen molar-refractivity contribution in [2.24, 2.45) is 4.99 Å². The van der Waals surface area contributed by atoms with Gasteiger partial charge in [0.1, 0.15) is 5.01 Å². The van der Waals surface area contributed by atoms with E-state index in [2.05, 4.69) is 15.1 Å². The van der Waals surface area contributed by atoms with Crippen molar-refractivity contribution in [1.82, 2.24) is 14.8 Å². The summed E-state index contributed by atoms with van der Waals surface area (Å²) < 4.78 is 1.54. The molecule has 0 radical (unpaired) electrons. The number of hydrogen-bond acceptors (Lipinski definition) is 5. The van der Waals surface area contributed by atoms with Gasteiger partial charge in [0.2, 0.25) is 0 Å². The highest BCUT2D eigenvalue weighted by atomic mass is 32.1. The lowest BCUT2D eigenvalue weighted by Gasteiger charge is -2.06. The van der Waals surface area contributed by atoms with Crippen LogP contribution in [0, 0.1) is 0 Å². The maximum Gasteiger partial charge on any atom is 0.330 e.